The molecule has 0 saturated carbocycles. The predicted octanol–water partition coefficient (Wildman–Crippen LogP) is 2.01. The molecule has 2 atom stereocenters. The quantitative estimate of drug-likeness (QED) is 0.779. The van der Waals surface area contributed by atoms with Crippen molar-refractivity contribution in [2.45, 2.75) is 52.5 Å². The summed E-state index contributed by atoms with van der Waals surface area (Å²) < 4.78 is 0. The van der Waals surface area contributed by atoms with Crippen LogP contribution in [-0.4, -0.2) is 29.9 Å². The van der Waals surface area contributed by atoms with Gasteiger partial charge in [-0.2, -0.15) is 0 Å². The van der Waals surface area contributed by atoms with Gasteiger partial charge in [-0.15, -0.1) is 0 Å². The van der Waals surface area contributed by atoms with Gasteiger partial charge in [-0.05, 0) is 31.1 Å². The van der Waals surface area contributed by atoms with Gasteiger partial charge in [0.1, 0.15) is 0 Å². The van der Waals surface area contributed by atoms with Crippen LogP contribution in [0.2, 0.25) is 0 Å². The molecule has 2 unspecified atom stereocenters. The molecule has 3 heteroatoms. The molecule has 94 valence electrons. The van der Waals surface area contributed by atoms with Crippen molar-refractivity contribution in [1.82, 2.24) is 4.90 Å². The fraction of sp³-hybridized carbons (Fsp3) is 0.923. The molecule has 1 heterocycles. The zero-order valence-electron chi connectivity index (χ0n) is 10.9. The summed E-state index contributed by atoms with van der Waals surface area (Å²) in [5.41, 5.74) is 5.86. The maximum Gasteiger partial charge on any atom is 0.239 e. The first kappa shape index (κ1) is 13.5. The molecule has 0 aromatic rings. The van der Waals surface area contributed by atoms with E-state index in [0.717, 1.165) is 38.3 Å². The number of rotatable bonds is 5. The third-order valence-corrected chi connectivity index (χ3v) is 3.32. The van der Waals surface area contributed by atoms with E-state index in [1.54, 1.807) is 0 Å². The first-order valence-corrected chi connectivity index (χ1v) is 6.59. The SMILES string of the molecule is CCCC(N)C(=O)N1CCC(CC(C)C)C1. The summed E-state index contributed by atoms with van der Waals surface area (Å²) in [5, 5.41) is 0. The molecular weight excluding hydrogens is 200 g/mol. The van der Waals surface area contributed by atoms with Crippen LogP contribution < -0.4 is 5.73 Å². The summed E-state index contributed by atoms with van der Waals surface area (Å²) in [6.07, 6.45) is 4.18. The fourth-order valence-corrected chi connectivity index (χ4v) is 2.56. The maximum absolute atomic E-state index is 12.0. The molecule has 1 rings (SSSR count). The van der Waals surface area contributed by atoms with Gasteiger partial charge < -0.3 is 10.6 Å². The van der Waals surface area contributed by atoms with Crippen LogP contribution in [0.1, 0.15) is 46.5 Å². The highest BCUT2D eigenvalue weighted by atomic mass is 16.2. The van der Waals surface area contributed by atoms with E-state index < -0.39 is 0 Å². The Morgan fingerprint density at radius 3 is 2.75 bits per heavy atom. The van der Waals surface area contributed by atoms with Gasteiger partial charge in [0.25, 0.3) is 0 Å². The largest absolute Gasteiger partial charge is 0.341 e. The molecule has 1 amide bonds. The highest BCUT2D eigenvalue weighted by Gasteiger charge is 2.28. The zero-order valence-corrected chi connectivity index (χ0v) is 10.9. The second-order valence-electron chi connectivity index (χ2n) is 5.46. The number of amides is 1. The van der Waals surface area contributed by atoms with E-state index in [9.17, 15) is 4.79 Å². The summed E-state index contributed by atoms with van der Waals surface area (Å²) in [6, 6.07) is -0.275. The number of nitrogens with zero attached hydrogens (tertiary/aromatic N) is 1. The molecule has 0 radical (unpaired) electrons. The summed E-state index contributed by atoms with van der Waals surface area (Å²) in [6.45, 7) is 8.39. The topological polar surface area (TPSA) is 46.3 Å². The Kier molecular flexibility index (Phi) is 5.26. The highest BCUT2D eigenvalue weighted by Crippen LogP contribution is 2.23. The van der Waals surface area contributed by atoms with Crippen LogP contribution in [0.15, 0.2) is 0 Å². The van der Waals surface area contributed by atoms with Gasteiger partial charge in [0.2, 0.25) is 5.91 Å². The van der Waals surface area contributed by atoms with Crippen molar-refractivity contribution in [2.24, 2.45) is 17.6 Å². The number of hydrogen-bond acceptors (Lipinski definition) is 2. The van der Waals surface area contributed by atoms with Gasteiger partial charge in [-0.1, -0.05) is 27.2 Å². The Morgan fingerprint density at radius 1 is 1.50 bits per heavy atom. The Bertz CT molecular complexity index is 228. The summed E-state index contributed by atoms with van der Waals surface area (Å²) >= 11 is 0. The minimum absolute atomic E-state index is 0.160. The number of carbonyl (C=O) groups is 1. The van der Waals surface area contributed by atoms with E-state index in [-0.39, 0.29) is 11.9 Å². The minimum atomic E-state index is -0.275. The van der Waals surface area contributed by atoms with Crippen molar-refractivity contribution in [3.05, 3.63) is 0 Å². The van der Waals surface area contributed by atoms with Gasteiger partial charge in [-0.25, -0.2) is 0 Å². The molecule has 0 aliphatic carbocycles. The second kappa shape index (κ2) is 6.24. The molecule has 0 aromatic carbocycles. The van der Waals surface area contributed by atoms with Crippen LogP contribution in [0.4, 0.5) is 0 Å². The standard InChI is InChI=1S/C13H26N2O/c1-4-5-12(14)13(16)15-7-6-11(9-15)8-10(2)3/h10-12H,4-9,14H2,1-3H3. The van der Waals surface area contributed by atoms with Crippen LogP contribution in [-0.2, 0) is 4.79 Å². The van der Waals surface area contributed by atoms with Crippen molar-refractivity contribution in [1.29, 1.82) is 0 Å². The lowest BCUT2D eigenvalue weighted by molar-refractivity contribution is -0.131. The molecule has 0 bridgehead atoms. The Balaban J connectivity index is 2.37. The first-order chi connectivity index (χ1) is 7.54. The van der Waals surface area contributed by atoms with Gasteiger partial charge in [0.15, 0.2) is 0 Å². The van der Waals surface area contributed by atoms with Crippen LogP contribution >= 0.6 is 0 Å². The van der Waals surface area contributed by atoms with Crippen LogP contribution in [0, 0.1) is 11.8 Å². The average molecular weight is 226 g/mol. The van der Waals surface area contributed by atoms with E-state index in [1.807, 2.05) is 4.90 Å². The van der Waals surface area contributed by atoms with E-state index in [2.05, 4.69) is 20.8 Å². The smallest absolute Gasteiger partial charge is 0.239 e. The molecular formula is C13H26N2O. The predicted molar refractivity (Wildman–Crippen MR) is 67.0 cm³/mol. The lowest BCUT2D eigenvalue weighted by Gasteiger charge is -2.21. The summed E-state index contributed by atoms with van der Waals surface area (Å²) in [5.74, 6) is 1.58. The average Bonchev–Trinajstić information content (AvgIpc) is 2.64. The normalized spacial score (nSPS) is 22.8. The molecule has 0 spiro atoms. The lowest BCUT2D eigenvalue weighted by atomic mass is 9.97. The Hall–Kier alpha value is -0.570. The second-order valence-corrected chi connectivity index (χ2v) is 5.46. The molecule has 2 N–H and O–H groups in total. The third-order valence-electron chi connectivity index (χ3n) is 3.32. The van der Waals surface area contributed by atoms with Gasteiger partial charge in [0, 0.05) is 13.1 Å². The lowest BCUT2D eigenvalue weighted by Crippen LogP contribution is -2.42. The van der Waals surface area contributed by atoms with Crippen molar-refractivity contribution < 1.29 is 4.79 Å². The molecule has 1 saturated heterocycles. The van der Waals surface area contributed by atoms with Crippen molar-refractivity contribution in [3.63, 3.8) is 0 Å². The zero-order chi connectivity index (χ0) is 12.1. The van der Waals surface area contributed by atoms with E-state index >= 15 is 0 Å². The molecule has 3 nitrogen and oxygen atoms in total. The number of carbonyl (C=O) groups excluding carboxylic acids is 1. The molecule has 1 fully saturated rings. The van der Waals surface area contributed by atoms with Crippen molar-refractivity contribution in [3.8, 4) is 0 Å². The highest BCUT2D eigenvalue weighted by molar-refractivity contribution is 5.81. The third kappa shape index (κ3) is 3.78. The Morgan fingerprint density at radius 2 is 2.19 bits per heavy atom. The number of nitrogens with two attached hydrogens (primary N) is 1. The van der Waals surface area contributed by atoms with Gasteiger partial charge >= 0.3 is 0 Å². The minimum Gasteiger partial charge on any atom is -0.341 e. The van der Waals surface area contributed by atoms with Gasteiger partial charge in [0.05, 0.1) is 6.04 Å². The van der Waals surface area contributed by atoms with Crippen molar-refractivity contribution in [2.75, 3.05) is 13.1 Å². The maximum atomic E-state index is 12.0. The van der Waals surface area contributed by atoms with Crippen LogP contribution in [0.5, 0.6) is 0 Å². The van der Waals surface area contributed by atoms with Crippen molar-refractivity contribution >= 4 is 5.91 Å². The van der Waals surface area contributed by atoms with E-state index in [1.165, 1.54) is 6.42 Å². The molecule has 1 aliphatic heterocycles. The number of likely N-dealkylation sites (tertiary alicyclic amines) is 1. The summed E-state index contributed by atoms with van der Waals surface area (Å²) in [4.78, 5) is 13.9. The molecule has 16 heavy (non-hydrogen) atoms. The fourth-order valence-electron chi connectivity index (χ4n) is 2.56. The number of hydrogen-bond donors (Lipinski definition) is 1. The van der Waals surface area contributed by atoms with Gasteiger partial charge in [-0.3, -0.25) is 4.79 Å². The monoisotopic (exact) mass is 226 g/mol. The summed E-state index contributed by atoms with van der Waals surface area (Å²) in [7, 11) is 0. The van der Waals surface area contributed by atoms with Crippen LogP contribution in [0.25, 0.3) is 0 Å². The first-order valence-electron chi connectivity index (χ1n) is 6.59. The molecule has 0 aromatic heterocycles. The van der Waals surface area contributed by atoms with Crippen LogP contribution in [0.3, 0.4) is 0 Å². The molecule has 1 aliphatic rings. The Labute approximate surface area is 99.4 Å². The van der Waals surface area contributed by atoms with E-state index in [4.69, 9.17) is 5.73 Å². The van der Waals surface area contributed by atoms with E-state index in [0.29, 0.717) is 5.92 Å².